The SMILES string of the molecule is C=CC(=O)N1CCCC(n2nc(-c3ccc(Oc4ccccc4)cc3)c(C(N)=O)c2NCCNC)C1. The molecule has 2 heterocycles. The highest BCUT2D eigenvalue weighted by atomic mass is 16.5. The topological polar surface area (TPSA) is 115 Å². The zero-order chi connectivity index (χ0) is 25.5. The Morgan fingerprint density at radius 1 is 1.14 bits per heavy atom. The predicted octanol–water partition coefficient (Wildman–Crippen LogP) is 3.42. The van der Waals surface area contributed by atoms with Crippen molar-refractivity contribution in [2.24, 2.45) is 5.73 Å². The van der Waals surface area contributed by atoms with Crippen LogP contribution in [0.4, 0.5) is 5.82 Å². The lowest BCUT2D eigenvalue weighted by atomic mass is 10.0. The third-order valence-corrected chi connectivity index (χ3v) is 6.16. The average Bonchev–Trinajstić information content (AvgIpc) is 3.29. The maximum absolute atomic E-state index is 12.7. The van der Waals surface area contributed by atoms with Gasteiger partial charge < -0.3 is 26.0 Å². The molecular weight excluding hydrogens is 456 g/mol. The minimum Gasteiger partial charge on any atom is -0.457 e. The Hall–Kier alpha value is -4.11. The van der Waals surface area contributed by atoms with Crippen LogP contribution in [0.2, 0.25) is 0 Å². The maximum Gasteiger partial charge on any atom is 0.254 e. The van der Waals surface area contributed by atoms with Gasteiger partial charge in [0.15, 0.2) is 0 Å². The van der Waals surface area contributed by atoms with Gasteiger partial charge in [-0.25, -0.2) is 4.68 Å². The Balaban J connectivity index is 1.70. The molecule has 0 aliphatic carbocycles. The summed E-state index contributed by atoms with van der Waals surface area (Å²) in [5.41, 5.74) is 7.45. The number of aromatic nitrogens is 2. The number of carbonyl (C=O) groups excluding carboxylic acids is 2. The Labute approximate surface area is 210 Å². The van der Waals surface area contributed by atoms with Gasteiger partial charge in [-0.3, -0.25) is 9.59 Å². The first-order chi connectivity index (χ1) is 17.5. The summed E-state index contributed by atoms with van der Waals surface area (Å²) in [5, 5.41) is 11.3. The van der Waals surface area contributed by atoms with Crippen LogP contribution < -0.4 is 21.1 Å². The van der Waals surface area contributed by atoms with E-state index in [4.69, 9.17) is 15.6 Å². The molecule has 0 saturated carbocycles. The second kappa shape index (κ2) is 11.5. The third kappa shape index (κ3) is 5.58. The van der Waals surface area contributed by atoms with Gasteiger partial charge in [-0.1, -0.05) is 24.8 Å². The monoisotopic (exact) mass is 488 g/mol. The van der Waals surface area contributed by atoms with E-state index in [1.54, 1.807) is 4.90 Å². The number of rotatable bonds is 10. The molecule has 1 aliphatic rings. The number of amides is 2. The molecule has 36 heavy (non-hydrogen) atoms. The van der Waals surface area contributed by atoms with Crippen LogP contribution in [0.15, 0.2) is 67.3 Å². The number of ether oxygens (including phenoxy) is 1. The van der Waals surface area contributed by atoms with Gasteiger partial charge in [0, 0.05) is 31.7 Å². The van der Waals surface area contributed by atoms with E-state index < -0.39 is 5.91 Å². The number of primary amides is 1. The minimum atomic E-state index is -0.567. The summed E-state index contributed by atoms with van der Waals surface area (Å²) in [6, 6.07) is 16.8. The Bertz CT molecular complexity index is 1210. The molecule has 2 aromatic carbocycles. The van der Waals surface area contributed by atoms with E-state index in [0.29, 0.717) is 49.0 Å². The first kappa shape index (κ1) is 25.0. The summed E-state index contributed by atoms with van der Waals surface area (Å²) in [5.74, 6) is 1.29. The molecular formula is C27H32N6O3. The minimum absolute atomic E-state index is 0.104. The van der Waals surface area contributed by atoms with E-state index in [0.717, 1.165) is 24.2 Å². The first-order valence-corrected chi connectivity index (χ1v) is 12.1. The summed E-state index contributed by atoms with van der Waals surface area (Å²) >= 11 is 0. The lowest BCUT2D eigenvalue weighted by Crippen LogP contribution is -2.40. The van der Waals surface area contributed by atoms with Crippen LogP contribution in [0.1, 0.15) is 29.2 Å². The summed E-state index contributed by atoms with van der Waals surface area (Å²) in [6.07, 6.45) is 2.98. The van der Waals surface area contributed by atoms with Crippen molar-refractivity contribution in [1.82, 2.24) is 20.0 Å². The molecule has 9 heteroatoms. The predicted molar refractivity (Wildman–Crippen MR) is 140 cm³/mol. The van der Waals surface area contributed by atoms with Crippen LogP contribution in [-0.4, -0.2) is 59.7 Å². The van der Waals surface area contributed by atoms with E-state index in [-0.39, 0.29) is 11.9 Å². The number of nitrogens with one attached hydrogen (secondary N) is 2. The number of likely N-dealkylation sites (tertiary alicyclic amines) is 1. The van der Waals surface area contributed by atoms with E-state index >= 15 is 0 Å². The van der Waals surface area contributed by atoms with Crippen molar-refractivity contribution in [2.45, 2.75) is 18.9 Å². The van der Waals surface area contributed by atoms with Gasteiger partial charge in [0.25, 0.3) is 5.91 Å². The van der Waals surface area contributed by atoms with E-state index in [2.05, 4.69) is 17.2 Å². The lowest BCUT2D eigenvalue weighted by Gasteiger charge is -2.33. The quantitative estimate of drug-likeness (QED) is 0.298. The summed E-state index contributed by atoms with van der Waals surface area (Å²) in [7, 11) is 1.86. The van der Waals surface area contributed by atoms with Gasteiger partial charge in [0.05, 0.1) is 6.04 Å². The molecule has 0 radical (unpaired) electrons. The molecule has 1 atom stereocenters. The number of benzene rings is 2. The highest BCUT2D eigenvalue weighted by Gasteiger charge is 2.30. The van der Waals surface area contributed by atoms with Crippen molar-refractivity contribution < 1.29 is 14.3 Å². The molecule has 0 bridgehead atoms. The fourth-order valence-electron chi connectivity index (χ4n) is 4.40. The smallest absolute Gasteiger partial charge is 0.254 e. The van der Waals surface area contributed by atoms with E-state index in [1.807, 2.05) is 66.3 Å². The third-order valence-electron chi connectivity index (χ3n) is 6.16. The maximum atomic E-state index is 12.7. The fraction of sp³-hybridized carbons (Fsp3) is 0.296. The van der Waals surface area contributed by atoms with Crippen molar-refractivity contribution in [3.05, 3.63) is 72.8 Å². The molecule has 4 rings (SSSR count). The number of anilines is 1. The van der Waals surface area contributed by atoms with E-state index in [9.17, 15) is 9.59 Å². The average molecular weight is 489 g/mol. The zero-order valence-corrected chi connectivity index (χ0v) is 20.4. The van der Waals surface area contributed by atoms with Crippen LogP contribution in [0.3, 0.4) is 0 Å². The Morgan fingerprint density at radius 3 is 2.53 bits per heavy atom. The zero-order valence-electron chi connectivity index (χ0n) is 20.4. The van der Waals surface area contributed by atoms with Crippen LogP contribution in [0, 0.1) is 0 Å². The van der Waals surface area contributed by atoms with Crippen LogP contribution in [-0.2, 0) is 4.79 Å². The standard InChI is InChI=1S/C27H32N6O3/c1-3-23(34)32-17-7-8-20(18-32)33-27(30-16-15-29-2)24(26(28)35)25(31-33)19-11-13-22(14-12-19)36-21-9-5-4-6-10-21/h3-6,9-14,20,29-30H,1,7-8,15-18H2,2H3,(H2,28,35). The van der Waals surface area contributed by atoms with Crippen molar-refractivity contribution in [2.75, 3.05) is 38.5 Å². The molecule has 188 valence electrons. The van der Waals surface area contributed by atoms with Gasteiger partial charge in [-0.2, -0.15) is 5.10 Å². The molecule has 0 spiro atoms. The number of carbonyl (C=O) groups is 2. The highest BCUT2D eigenvalue weighted by Crippen LogP contribution is 2.34. The molecule has 4 N–H and O–H groups in total. The van der Waals surface area contributed by atoms with Crippen LogP contribution in [0.5, 0.6) is 11.5 Å². The molecule has 1 saturated heterocycles. The first-order valence-electron chi connectivity index (χ1n) is 12.1. The fourth-order valence-corrected chi connectivity index (χ4v) is 4.40. The second-order valence-electron chi connectivity index (χ2n) is 8.64. The Kier molecular flexibility index (Phi) is 8.02. The largest absolute Gasteiger partial charge is 0.457 e. The number of likely N-dealkylation sites (N-methyl/N-ethyl adjacent to an activating group) is 1. The van der Waals surface area contributed by atoms with Crippen molar-refractivity contribution >= 4 is 17.6 Å². The summed E-state index contributed by atoms with van der Waals surface area (Å²) in [6.45, 7) is 6.03. The number of piperidine rings is 1. The Morgan fingerprint density at radius 2 is 1.86 bits per heavy atom. The van der Waals surface area contributed by atoms with Crippen molar-refractivity contribution in [3.8, 4) is 22.8 Å². The molecule has 1 unspecified atom stereocenters. The molecule has 1 fully saturated rings. The molecule has 9 nitrogen and oxygen atoms in total. The summed E-state index contributed by atoms with van der Waals surface area (Å²) < 4.78 is 7.72. The van der Waals surface area contributed by atoms with Crippen LogP contribution >= 0.6 is 0 Å². The normalized spacial score (nSPS) is 15.4. The van der Waals surface area contributed by atoms with Gasteiger partial charge in [0.2, 0.25) is 5.91 Å². The number of para-hydroxylation sites is 1. The van der Waals surface area contributed by atoms with Crippen molar-refractivity contribution in [1.29, 1.82) is 0 Å². The van der Waals surface area contributed by atoms with Gasteiger partial charge in [0.1, 0.15) is 28.6 Å². The van der Waals surface area contributed by atoms with Crippen LogP contribution in [0.25, 0.3) is 11.3 Å². The van der Waals surface area contributed by atoms with Gasteiger partial charge in [-0.15, -0.1) is 0 Å². The molecule has 1 aromatic heterocycles. The highest BCUT2D eigenvalue weighted by molar-refractivity contribution is 6.03. The van der Waals surface area contributed by atoms with E-state index in [1.165, 1.54) is 6.08 Å². The van der Waals surface area contributed by atoms with Crippen molar-refractivity contribution in [3.63, 3.8) is 0 Å². The number of hydrogen-bond donors (Lipinski definition) is 3. The molecule has 2 amide bonds. The number of nitrogens with zero attached hydrogens (tertiary/aromatic N) is 3. The number of nitrogens with two attached hydrogens (primary N) is 1. The molecule has 3 aromatic rings. The second-order valence-corrected chi connectivity index (χ2v) is 8.64. The van der Waals surface area contributed by atoms with Gasteiger partial charge in [-0.05, 0) is 62.4 Å². The summed E-state index contributed by atoms with van der Waals surface area (Å²) in [4.78, 5) is 26.7. The number of hydrogen-bond acceptors (Lipinski definition) is 6. The molecule has 1 aliphatic heterocycles. The lowest BCUT2D eigenvalue weighted by molar-refractivity contribution is -0.127. The van der Waals surface area contributed by atoms with Gasteiger partial charge >= 0.3 is 0 Å².